The molecule has 0 bridgehead atoms. The SMILES string of the molecule is CCC(=O)CCN1CCC2(CC1)CN(C)C2. The third-order valence-corrected chi connectivity index (χ3v) is 4.23. The number of likely N-dealkylation sites (tertiary alicyclic amines) is 2. The summed E-state index contributed by atoms with van der Waals surface area (Å²) in [6.07, 6.45) is 4.11. The lowest BCUT2D eigenvalue weighted by Crippen LogP contribution is -2.58. The fourth-order valence-corrected chi connectivity index (χ4v) is 3.13. The van der Waals surface area contributed by atoms with E-state index in [1.165, 1.54) is 39.0 Å². The van der Waals surface area contributed by atoms with Gasteiger partial charge in [-0.2, -0.15) is 0 Å². The molecule has 0 unspecified atom stereocenters. The minimum Gasteiger partial charge on any atom is -0.305 e. The van der Waals surface area contributed by atoms with E-state index < -0.39 is 0 Å². The highest BCUT2D eigenvalue weighted by atomic mass is 16.1. The van der Waals surface area contributed by atoms with Crippen LogP contribution in [0.2, 0.25) is 0 Å². The van der Waals surface area contributed by atoms with Gasteiger partial charge in [-0.15, -0.1) is 0 Å². The Morgan fingerprint density at radius 2 is 1.88 bits per heavy atom. The molecule has 0 atom stereocenters. The van der Waals surface area contributed by atoms with Gasteiger partial charge in [0.15, 0.2) is 0 Å². The standard InChI is InChI=1S/C13H24N2O/c1-3-12(16)4-7-15-8-5-13(6-9-15)10-14(2)11-13/h3-11H2,1-2H3. The topological polar surface area (TPSA) is 23.6 Å². The number of carbonyl (C=O) groups is 1. The summed E-state index contributed by atoms with van der Waals surface area (Å²) in [6, 6.07) is 0. The maximum Gasteiger partial charge on any atom is 0.133 e. The number of piperidine rings is 1. The molecule has 0 saturated carbocycles. The van der Waals surface area contributed by atoms with Gasteiger partial charge in [0, 0.05) is 32.5 Å². The molecule has 3 heteroatoms. The highest BCUT2D eigenvalue weighted by Gasteiger charge is 2.42. The van der Waals surface area contributed by atoms with Gasteiger partial charge in [-0.05, 0) is 38.4 Å². The van der Waals surface area contributed by atoms with Crippen molar-refractivity contribution in [1.29, 1.82) is 0 Å². The first-order chi connectivity index (χ1) is 7.63. The van der Waals surface area contributed by atoms with Crippen LogP contribution in [0, 0.1) is 5.41 Å². The molecule has 2 saturated heterocycles. The molecule has 3 nitrogen and oxygen atoms in total. The van der Waals surface area contributed by atoms with Crippen molar-refractivity contribution in [2.45, 2.75) is 32.6 Å². The maximum absolute atomic E-state index is 11.3. The summed E-state index contributed by atoms with van der Waals surface area (Å²) < 4.78 is 0. The Hall–Kier alpha value is -0.410. The van der Waals surface area contributed by atoms with Gasteiger partial charge in [0.2, 0.25) is 0 Å². The number of hydrogen-bond acceptors (Lipinski definition) is 3. The van der Waals surface area contributed by atoms with Crippen molar-refractivity contribution in [2.24, 2.45) is 5.41 Å². The van der Waals surface area contributed by atoms with Gasteiger partial charge in [0.05, 0.1) is 0 Å². The second-order valence-electron chi connectivity index (χ2n) is 5.66. The Bertz CT molecular complexity index is 249. The predicted octanol–water partition coefficient (Wildman–Crippen LogP) is 1.38. The van der Waals surface area contributed by atoms with Gasteiger partial charge >= 0.3 is 0 Å². The summed E-state index contributed by atoms with van der Waals surface area (Å²) in [6.45, 7) is 7.91. The Labute approximate surface area is 98.8 Å². The van der Waals surface area contributed by atoms with Gasteiger partial charge < -0.3 is 9.80 Å². The lowest BCUT2D eigenvalue weighted by Gasteiger charge is -2.53. The van der Waals surface area contributed by atoms with E-state index in [1.807, 2.05) is 6.92 Å². The number of nitrogens with zero attached hydrogens (tertiary/aromatic N) is 2. The van der Waals surface area contributed by atoms with E-state index in [1.54, 1.807) is 0 Å². The van der Waals surface area contributed by atoms with Crippen molar-refractivity contribution in [3.05, 3.63) is 0 Å². The van der Waals surface area contributed by atoms with Crippen LogP contribution in [-0.4, -0.2) is 55.4 Å². The van der Waals surface area contributed by atoms with Crippen LogP contribution >= 0.6 is 0 Å². The fraction of sp³-hybridized carbons (Fsp3) is 0.923. The molecule has 16 heavy (non-hydrogen) atoms. The summed E-state index contributed by atoms with van der Waals surface area (Å²) in [4.78, 5) is 16.1. The lowest BCUT2D eigenvalue weighted by molar-refractivity contribution is -0.119. The first-order valence-electron chi connectivity index (χ1n) is 6.56. The number of hydrogen-bond donors (Lipinski definition) is 0. The smallest absolute Gasteiger partial charge is 0.133 e. The van der Waals surface area contributed by atoms with Gasteiger partial charge in [-0.3, -0.25) is 4.79 Å². The van der Waals surface area contributed by atoms with E-state index >= 15 is 0 Å². The summed E-state index contributed by atoms with van der Waals surface area (Å²) in [5.74, 6) is 0.406. The predicted molar refractivity (Wildman–Crippen MR) is 65.5 cm³/mol. The molecule has 1 spiro atoms. The zero-order valence-electron chi connectivity index (χ0n) is 10.7. The highest BCUT2D eigenvalue weighted by molar-refractivity contribution is 5.78. The van der Waals surface area contributed by atoms with Crippen LogP contribution in [0.25, 0.3) is 0 Å². The largest absolute Gasteiger partial charge is 0.305 e. The van der Waals surface area contributed by atoms with E-state index in [-0.39, 0.29) is 0 Å². The van der Waals surface area contributed by atoms with Gasteiger partial charge in [-0.25, -0.2) is 0 Å². The van der Waals surface area contributed by atoms with E-state index in [2.05, 4.69) is 16.8 Å². The molecule has 0 amide bonds. The van der Waals surface area contributed by atoms with Gasteiger partial charge in [0.25, 0.3) is 0 Å². The Morgan fingerprint density at radius 3 is 2.38 bits per heavy atom. The van der Waals surface area contributed by atoms with Crippen molar-refractivity contribution in [3.8, 4) is 0 Å². The first kappa shape index (κ1) is 12.1. The van der Waals surface area contributed by atoms with Crippen LogP contribution in [0.15, 0.2) is 0 Å². The summed E-state index contributed by atoms with van der Waals surface area (Å²) >= 11 is 0. The second kappa shape index (κ2) is 4.84. The molecule has 0 aliphatic carbocycles. The Balaban J connectivity index is 1.67. The zero-order valence-corrected chi connectivity index (χ0v) is 10.7. The average Bonchev–Trinajstić information content (AvgIpc) is 2.26. The molecule has 2 rings (SSSR count). The van der Waals surface area contributed by atoms with Crippen molar-refractivity contribution < 1.29 is 4.79 Å². The molecule has 2 fully saturated rings. The van der Waals surface area contributed by atoms with Crippen LogP contribution in [0.5, 0.6) is 0 Å². The fourth-order valence-electron chi connectivity index (χ4n) is 3.13. The molecule has 0 aromatic carbocycles. The lowest BCUT2D eigenvalue weighted by atomic mass is 9.72. The first-order valence-corrected chi connectivity index (χ1v) is 6.56. The quantitative estimate of drug-likeness (QED) is 0.721. The van der Waals surface area contributed by atoms with E-state index in [0.29, 0.717) is 17.6 Å². The van der Waals surface area contributed by atoms with Crippen molar-refractivity contribution in [1.82, 2.24) is 9.80 Å². The molecule has 92 valence electrons. The van der Waals surface area contributed by atoms with E-state index in [4.69, 9.17) is 0 Å². The monoisotopic (exact) mass is 224 g/mol. The van der Waals surface area contributed by atoms with Crippen molar-refractivity contribution in [3.63, 3.8) is 0 Å². The number of Topliss-reactive ketones (excluding diaryl/α,β-unsaturated/α-hetero) is 1. The minimum atomic E-state index is 0.406. The molecule has 2 heterocycles. The zero-order chi connectivity index (χ0) is 11.6. The third-order valence-electron chi connectivity index (χ3n) is 4.23. The molecule has 0 N–H and O–H groups in total. The molecule has 2 aliphatic rings. The Kier molecular flexibility index (Phi) is 3.65. The number of carbonyl (C=O) groups excluding carboxylic acids is 1. The van der Waals surface area contributed by atoms with Crippen LogP contribution in [0.1, 0.15) is 32.6 Å². The van der Waals surface area contributed by atoms with Gasteiger partial charge in [0.1, 0.15) is 5.78 Å². The molecule has 0 aromatic heterocycles. The second-order valence-corrected chi connectivity index (χ2v) is 5.66. The van der Waals surface area contributed by atoms with Crippen LogP contribution in [-0.2, 0) is 4.79 Å². The minimum absolute atomic E-state index is 0.406. The normalized spacial score (nSPS) is 25.6. The number of rotatable bonds is 4. The molecular formula is C13H24N2O. The summed E-state index contributed by atoms with van der Waals surface area (Å²) in [5, 5.41) is 0. The van der Waals surface area contributed by atoms with Crippen molar-refractivity contribution in [2.75, 3.05) is 39.8 Å². The van der Waals surface area contributed by atoms with Crippen LogP contribution in [0.4, 0.5) is 0 Å². The van der Waals surface area contributed by atoms with E-state index in [9.17, 15) is 4.79 Å². The maximum atomic E-state index is 11.3. The highest BCUT2D eigenvalue weighted by Crippen LogP contribution is 2.39. The molecule has 0 radical (unpaired) electrons. The summed E-state index contributed by atoms with van der Waals surface area (Å²) in [7, 11) is 2.21. The van der Waals surface area contributed by atoms with Crippen LogP contribution < -0.4 is 0 Å². The number of ketones is 1. The third kappa shape index (κ3) is 2.64. The van der Waals surface area contributed by atoms with Crippen molar-refractivity contribution >= 4 is 5.78 Å². The summed E-state index contributed by atoms with van der Waals surface area (Å²) in [5.41, 5.74) is 0.639. The van der Waals surface area contributed by atoms with E-state index in [0.717, 1.165) is 13.0 Å². The molecule has 0 aromatic rings. The molecular weight excluding hydrogens is 200 g/mol. The average molecular weight is 224 g/mol. The Morgan fingerprint density at radius 1 is 1.25 bits per heavy atom. The molecule has 2 aliphatic heterocycles. The van der Waals surface area contributed by atoms with Crippen LogP contribution in [0.3, 0.4) is 0 Å². The van der Waals surface area contributed by atoms with Gasteiger partial charge in [-0.1, -0.05) is 6.92 Å².